The quantitative estimate of drug-likeness (QED) is 0.672. The highest BCUT2D eigenvalue weighted by atomic mass is 79.9. The molecule has 1 rings (SSSR count). The third-order valence-electron chi connectivity index (χ3n) is 1.35. The van der Waals surface area contributed by atoms with Crippen LogP contribution >= 0.6 is 31.9 Å². The molecule has 0 atom stereocenters. The van der Waals surface area contributed by atoms with Gasteiger partial charge in [-0.1, -0.05) is 31.9 Å². The summed E-state index contributed by atoms with van der Waals surface area (Å²) in [4.78, 5) is 11.3. The standard InChI is InChI=1S/C8H6Br2O2/c9-8(10)7(12)5-1-3-6(11)4-2-5/h1-4,8,11H. The van der Waals surface area contributed by atoms with Crippen molar-refractivity contribution in [1.82, 2.24) is 0 Å². The second kappa shape index (κ2) is 4.05. The first kappa shape index (κ1) is 9.74. The number of rotatable bonds is 2. The van der Waals surface area contributed by atoms with Gasteiger partial charge in [0, 0.05) is 5.56 Å². The number of hydrogen-bond donors (Lipinski definition) is 1. The van der Waals surface area contributed by atoms with E-state index in [1.54, 1.807) is 12.1 Å². The van der Waals surface area contributed by atoms with E-state index < -0.39 is 0 Å². The Labute approximate surface area is 86.9 Å². The molecule has 0 aliphatic heterocycles. The zero-order valence-electron chi connectivity index (χ0n) is 6.00. The molecular weight excluding hydrogens is 288 g/mol. The van der Waals surface area contributed by atoms with E-state index in [1.807, 2.05) is 0 Å². The first-order valence-corrected chi connectivity index (χ1v) is 5.06. The van der Waals surface area contributed by atoms with E-state index in [0.29, 0.717) is 5.56 Å². The highest BCUT2D eigenvalue weighted by Crippen LogP contribution is 2.17. The topological polar surface area (TPSA) is 37.3 Å². The number of phenols is 1. The Morgan fingerprint density at radius 2 is 1.75 bits per heavy atom. The van der Waals surface area contributed by atoms with Gasteiger partial charge in [0.1, 0.15) is 9.49 Å². The minimum Gasteiger partial charge on any atom is -0.508 e. The van der Waals surface area contributed by atoms with E-state index in [0.717, 1.165) is 0 Å². The van der Waals surface area contributed by atoms with Crippen molar-refractivity contribution in [2.24, 2.45) is 0 Å². The van der Waals surface area contributed by atoms with Crippen LogP contribution in [0.1, 0.15) is 10.4 Å². The van der Waals surface area contributed by atoms with Gasteiger partial charge in [-0.05, 0) is 24.3 Å². The molecule has 0 aromatic heterocycles. The van der Waals surface area contributed by atoms with Crippen LogP contribution < -0.4 is 0 Å². The van der Waals surface area contributed by atoms with Crippen molar-refractivity contribution < 1.29 is 9.90 Å². The molecule has 0 amide bonds. The summed E-state index contributed by atoms with van der Waals surface area (Å²) in [7, 11) is 0. The number of benzene rings is 1. The van der Waals surface area contributed by atoms with Gasteiger partial charge in [-0.15, -0.1) is 0 Å². The molecule has 1 aromatic rings. The van der Waals surface area contributed by atoms with Crippen LogP contribution in [0.3, 0.4) is 0 Å². The Hall–Kier alpha value is -0.350. The molecule has 0 saturated carbocycles. The zero-order valence-corrected chi connectivity index (χ0v) is 9.17. The van der Waals surface area contributed by atoms with Crippen LogP contribution in [-0.4, -0.2) is 14.6 Å². The van der Waals surface area contributed by atoms with Crippen LogP contribution in [0.4, 0.5) is 0 Å². The van der Waals surface area contributed by atoms with E-state index in [4.69, 9.17) is 5.11 Å². The maximum absolute atomic E-state index is 11.3. The van der Waals surface area contributed by atoms with Crippen molar-refractivity contribution in [1.29, 1.82) is 0 Å². The second-order valence-corrected chi connectivity index (χ2v) is 5.27. The number of halogens is 2. The minimum atomic E-state index is -0.366. The lowest BCUT2D eigenvalue weighted by Gasteiger charge is -2.00. The molecule has 0 spiro atoms. The van der Waals surface area contributed by atoms with E-state index in [1.165, 1.54) is 12.1 Å². The minimum absolute atomic E-state index is 0.0602. The lowest BCUT2D eigenvalue weighted by atomic mass is 10.1. The molecule has 12 heavy (non-hydrogen) atoms. The fourth-order valence-electron chi connectivity index (χ4n) is 0.752. The highest BCUT2D eigenvalue weighted by Gasteiger charge is 2.12. The largest absolute Gasteiger partial charge is 0.508 e. The molecular formula is C8H6Br2O2. The number of carbonyl (C=O) groups is 1. The third-order valence-corrected chi connectivity index (χ3v) is 2.18. The van der Waals surface area contributed by atoms with Crippen molar-refractivity contribution in [2.45, 2.75) is 3.74 Å². The van der Waals surface area contributed by atoms with Crippen LogP contribution in [0.15, 0.2) is 24.3 Å². The first-order valence-electron chi connectivity index (χ1n) is 3.22. The molecule has 64 valence electrons. The summed E-state index contributed by atoms with van der Waals surface area (Å²) >= 11 is 6.20. The molecule has 1 aromatic carbocycles. The molecule has 2 nitrogen and oxygen atoms in total. The van der Waals surface area contributed by atoms with Gasteiger partial charge in [-0.25, -0.2) is 0 Å². The van der Waals surface area contributed by atoms with E-state index in [9.17, 15) is 4.79 Å². The van der Waals surface area contributed by atoms with Gasteiger partial charge in [-0.2, -0.15) is 0 Å². The van der Waals surface area contributed by atoms with E-state index in [2.05, 4.69) is 31.9 Å². The van der Waals surface area contributed by atoms with Gasteiger partial charge in [-0.3, -0.25) is 4.79 Å². The number of alkyl halides is 2. The molecule has 1 N–H and O–H groups in total. The predicted molar refractivity (Wildman–Crippen MR) is 54.1 cm³/mol. The van der Waals surface area contributed by atoms with Crippen LogP contribution in [0.5, 0.6) is 5.75 Å². The third kappa shape index (κ3) is 2.32. The predicted octanol–water partition coefficient (Wildman–Crippen LogP) is 2.69. The molecule has 0 unspecified atom stereocenters. The monoisotopic (exact) mass is 292 g/mol. The summed E-state index contributed by atoms with van der Waals surface area (Å²) in [5.41, 5.74) is 0.562. The number of ketones is 1. The molecule has 0 bridgehead atoms. The molecule has 0 heterocycles. The van der Waals surface area contributed by atoms with Crippen LogP contribution in [0.25, 0.3) is 0 Å². The van der Waals surface area contributed by atoms with E-state index >= 15 is 0 Å². The summed E-state index contributed by atoms with van der Waals surface area (Å²) in [6.07, 6.45) is 0. The summed E-state index contributed by atoms with van der Waals surface area (Å²) in [6, 6.07) is 6.12. The Morgan fingerprint density at radius 3 is 2.17 bits per heavy atom. The van der Waals surface area contributed by atoms with Gasteiger partial charge in [0.05, 0.1) is 0 Å². The average Bonchev–Trinajstić information content (AvgIpc) is 2.04. The number of carbonyl (C=O) groups excluding carboxylic acids is 1. The Bertz CT molecular complexity index is 280. The maximum Gasteiger partial charge on any atom is 0.187 e. The van der Waals surface area contributed by atoms with Crippen molar-refractivity contribution in [3.05, 3.63) is 29.8 Å². The van der Waals surface area contributed by atoms with Crippen molar-refractivity contribution in [2.75, 3.05) is 0 Å². The average molecular weight is 294 g/mol. The Balaban J connectivity index is 2.90. The molecule has 0 aliphatic carbocycles. The van der Waals surface area contributed by atoms with Crippen molar-refractivity contribution >= 4 is 37.6 Å². The van der Waals surface area contributed by atoms with Crippen LogP contribution in [-0.2, 0) is 0 Å². The lowest BCUT2D eigenvalue weighted by molar-refractivity contribution is 0.101. The summed E-state index contributed by atoms with van der Waals surface area (Å²) in [6.45, 7) is 0. The summed E-state index contributed by atoms with van der Waals surface area (Å²) in [5, 5.41) is 8.94. The smallest absolute Gasteiger partial charge is 0.187 e. The number of phenolic OH excluding ortho intramolecular Hbond substituents is 1. The normalized spacial score (nSPS) is 10.2. The molecule has 0 radical (unpaired) electrons. The second-order valence-electron chi connectivity index (χ2n) is 2.21. The van der Waals surface area contributed by atoms with Crippen LogP contribution in [0, 0.1) is 0 Å². The highest BCUT2D eigenvalue weighted by molar-refractivity contribution is 9.25. The van der Waals surface area contributed by atoms with Gasteiger partial charge >= 0.3 is 0 Å². The lowest BCUT2D eigenvalue weighted by Crippen LogP contribution is -2.06. The number of aromatic hydroxyl groups is 1. The maximum atomic E-state index is 11.3. The fraction of sp³-hybridized carbons (Fsp3) is 0.125. The molecule has 4 heteroatoms. The summed E-state index contributed by atoms with van der Waals surface area (Å²) in [5.74, 6) is 0.0993. The SMILES string of the molecule is O=C(c1ccc(O)cc1)C(Br)Br. The van der Waals surface area contributed by atoms with Gasteiger partial charge < -0.3 is 5.11 Å². The van der Waals surface area contributed by atoms with Crippen LogP contribution in [0.2, 0.25) is 0 Å². The first-order chi connectivity index (χ1) is 5.61. The molecule has 0 saturated heterocycles. The Kier molecular flexibility index (Phi) is 3.29. The van der Waals surface area contributed by atoms with Gasteiger partial charge in [0.25, 0.3) is 0 Å². The van der Waals surface area contributed by atoms with Gasteiger partial charge in [0.2, 0.25) is 0 Å². The Morgan fingerprint density at radius 1 is 1.25 bits per heavy atom. The zero-order chi connectivity index (χ0) is 9.14. The summed E-state index contributed by atoms with van der Waals surface area (Å²) < 4.78 is -0.366. The van der Waals surface area contributed by atoms with Gasteiger partial charge in [0.15, 0.2) is 5.78 Å². The van der Waals surface area contributed by atoms with Crippen molar-refractivity contribution in [3.8, 4) is 5.75 Å². The number of Topliss-reactive ketones (excluding diaryl/α,β-unsaturated/α-hetero) is 1. The molecule has 0 fully saturated rings. The van der Waals surface area contributed by atoms with E-state index in [-0.39, 0.29) is 15.3 Å². The van der Waals surface area contributed by atoms with Crippen molar-refractivity contribution in [3.63, 3.8) is 0 Å². The fourth-order valence-corrected chi connectivity index (χ4v) is 1.28. The number of hydrogen-bond acceptors (Lipinski definition) is 2. The molecule has 0 aliphatic rings.